The molecular formula is C15H23N3O. The highest BCUT2D eigenvalue weighted by molar-refractivity contribution is 5.86. The number of piperazine rings is 1. The molecule has 4 nitrogen and oxygen atoms in total. The summed E-state index contributed by atoms with van der Waals surface area (Å²) < 4.78 is 0. The zero-order chi connectivity index (χ0) is 13.9. The smallest absolute Gasteiger partial charge is 0.242 e. The van der Waals surface area contributed by atoms with Gasteiger partial charge in [0.25, 0.3) is 0 Å². The van der Waals surface area contributed by atoms with Gasteiger partial charge in [-0.25, -0.2) is 0 Å². The zero-order valence-corrected chi connectivity index (χ0v) is 11.7. The van der Waals surface area contributed by atoms with Gasteiger partial charge in [-0.05, 0) is 11.5 Å². The second kappa shape index (κ2) is 5.72. The lowest BCUT2D eigenvalue weighted by atomic mass is 9.77. The van der Waals surface area contributed by atoms with Crippen LogP contribution in [0.2, 0.25) is 0 Å². The van der Waals surface area contributed by atoms with Crippen LogP contribution >= 0.6 is 0 Å². The minimum atomic E-state index is -0.705. The molecule has 1 aromatic carbocycles. The van der Waals surface area contributed by atoms with Crippen LogP contribution in [0, 0.1) is 5.92 Å². The van der Waals surface area contributed by atoms with E-state index in [4.69, 9.17) is 5.73 Å². The van der Waals surface area contributed by atoms with Crippen molar-refractivity contribution in [1.29, 1.82) is 0 Å². The van der Waals surface area contributed by atoms with Crippen molar-refractivity contribution in [3.05, 3.63) is 35.9 Å². The van der Waals surface area contributed by atoms with Gasteiger partial charge in [-0.2, -0.15) is 0 Å². The van der Waals surface area contributed by atoms with E-state index in [2.05, 4.69) is 24.1 Å². The predicted molar refractivity (Wildman–Crippen MR) is 76.6 cm³/mol. The van der Waals surface area contributed by atoms with E-state index in [1.54, 1.807) is 0 Å². The number of hydrogen-bond acceptors (Lipinski definition) is 3. The zero-order valence-electron chi connectivity index (χ0n) is 11.7. The van der Waals surface area contributed by atoms with E-state index in [9.17, 15) is 4.79 Å². The maximum Gasteiger partial charge on any atom is 0.242 e. The summed E-state index contributed by atoms with van der Waals surface area (Å²) in [6, 6.07) is 9.92. The predicted octanol–water partition coefficient (Wildman–Crippen LogP) is 0.928. The van der Waals surface area contributed by atoms with Crippen LogP contribution in [0.5, 0.6) is 0 Å². The van der Waals surface area contributed by atoms with Gasteiger partial charge in [0, 0.05) is 26.2 Å². The van der Waals surface area contributed by atoms with Crippen molar-refractivity contribution in [2.75, 3.05) is 26.2 Å². The third-order valence-corrected chi connectivity index (χ3v) is 4.04. The Balaban J connectivity index is 2.50. The van der Waals surface area contributed by atoms with Crippen LogP contribution in [-0.2, 0) is 10.3 Å². The highest BCUT2D eigenvalue weighted by Gasteiger charge is 2.47. The van der Waals surface area contributed by atoms with Crippen molar-refractivity contribution < 1.29 is 4.79 Å². The number of amides is 1. The number of benzene rings is 1. The molecule has 3 N–H and O–H groups in total. The van der Waals surface area contributed by atoms with Gasteiger partial charge in [0.05, 0.1) is 0 Å². The summed E-state index contributed by atoms with van der Waals surface area (Å²) in [7, 11) is 0. The summed E-state index contributed by atoms with van der Waals surface area (Å²) in [4.78, 5) is 14.6. The SMILES string of the molecule is CC(C)C(C(N)=O)(c1ccccc1)N1CCNCC1. The first-order valence-electron chi connectivity index (χ1n) is 6.91. The maximum atomic E-state index is 12.3. The fourth-order valence-corrected chi connectivity index (χ4v) is 3.17. The van der Waals surface area contributed by atoms with Crippen molar-refractivity contribution in [2.45, 2.75) is 19.4 Å². The lowest BCUT2D eigenvalue weighted by molar-refractivity contribution is -0.135. The van der Waals surface area contributed by atoms with Gasteiger partial charge in [0.1, 0.15) is 5.54 Å². The first kappa shape index (κ1) is 14.0. The van der Waals surface area contributed by atoms with E-state index < -0.39 is 5.54 Å². The third kappa shape index (κ3) is 2.38. The molecule has 1 heterocycles. The molecule has 1 unspecified atom stereocenters. The lowest BCUT2D eigenvalue weighted by Gasteiger charge is -2.46. The Morgan fingerprint density at radius 3 is 2.32 bits per heavy atom. The normalized spacial score (nSPS) is 20.2. The highest BCUT2D eigenvalue weighted by Crippen LogP contribution is 2.36. The topological polar surface area (TPSA) is 58.4 Å². The van der Waals surface area contributed by atoms with Gasteiger partial charge < -0.3 is 11.1 Å². The molecule has 0 bridgehead atoms. The van der Waals surface area contributed by atoms with E-state index in [1.165, 1.54) is 0 Å². The highest BCUT2D eigenvalue weighted by atomic mass is 16.1. The van der Waals surface area contributed by atoms with Gasteiger partial charge in [-0.3, -0.25) is 9.69 Å². The third-order valence-electron chi connectivity index (χ3n) is 4.04. The van der Waals surface area contributed by atoms with Gasteiger partial charge in [-0.15, -0.1) is 0 Å². The maximum absolute atomic E-state index is 12.3. The van der Waals surface area contributed by atoms with E-state index >= 15 is 0 Å². The molecule has 4 heteroatoms. The van der Waals surface area contributed by atoms with Crippen LogP contribution in [0.15, 0.2) is 30.3 Å². The minimum absolute atomic E-state index is 0.130. The molecule has 1 fully saturated rings. The number of nitrogens with one attached hydrogen (secondary N) is 1. The fourth-order valence-electron chi connectivity index (χ4n) is 3.17. The molecule has 2 rings (SSSR count). The standard InChI is InChI=1S/C15H23N3O/c1-12(2)15(14(16)19,13-6-4-3-5-7-13)18-10-8-17-9-11-18/h3-7,12,17H,8-11H2,1-2H3,(H2,16,19). The quantitative estimate of drug-likeness (QED) is 0.847. The molecule has 1 atom stereocenters. The lowest BCUT2D eigenvalue weighted by Crippen LogP contribution is -2.62. The molecule has 1 aromatic rings. The van der Waals surface area contributed by atoms with Crippen LogP contribution in [-0.4, -0.2) is 37.0 Å². The Kier molecular flexibility index (Phi) is 4.22. The molecule has 0 radical (unpaired) electrons. The van der Waals surface area contributed by atoms with E-state index in [1.807, 2.05) is 30.3 Å². The molecular weight excluding hydrogens is 238 g/mol. The first-order valence-corrected chi connectivity index (χ1v) is 6.91. The molecule has 104 valence electrons. The largest absolute Gasteiger partial charge is 0.368 e. The molecule has 19 heavy (non-hydrogen) atoms. The average Bonchev–Trinajstić information content (AvgIpc) is 2.41. The van der Waals surface area contributed by atoms with Crippen molar-refractivity contribution in [3.63, 3.8) is 0 Å². The molecule has 0 spiro atoms. The number of rotatable bonds is 4. The molecule has 1 amide bonds. The fraction of sp³-hybridized carbons (Fsp3) is 0.533. The Bertz CT molecular complexity index is 426. The molecule has 0 aliphatic carbocycles. The minimum Gasteiger partial charge on any atom is -0.368 e. The number of primary amides is 1. The molecule has 1 aliphatic rings. The Morgan fingerprint density at radius 2 is 1.84 bits per heavy atom. The Labute approximate surface area is 115 Å². The van der Waals surface area contributed by atoms with Crippen molar-refractivity contribution in [1.82, 2.24) is 10.2 Å². The Morgan fingerprint density at radius 1 is 1.26 bits per heavy atom. The average molecular weight is 261 g/mol. The van der Waals surface area contributed by atoms with Crippen molar-refractivity contribution >= 4 is 5.91 Å². The summed E-state index contributed by atoms with van der Waals surface area (Å²) in [6.07, 6.45) is 0. The molecule has 0 aromatic heterocycles. The van der Waals surface area contributed by atoms with Crippen molar-refractivity contribution in [2.24, 2.45) is 11.7 Å². The summed E-state index contributed by atoms with van der Waals surface area (Å²) in [6.45, 7) is 7.62. The summed E-state index contributed by atoms with van der Waals surface area (Å²) >= 11 is 0. The molecule has 0 saturated carbocycles. The van der Waals surface area contributed by atoms with Crippen LogP contribution in [0.25, 0.3) is 0 Å². The summed E-state index contributed by atoms with van der Waals surface area (Å²) in [5.74, 6) is -0.124. The van der Waals surface area contributed by atoms with Crippen LogP contribution in [0.1, 0.15) is 19.4 Å². The second-order valence-corrected chi connectivity index (χ2v) is 5.39. The first-order chi connectivity index (χ1) is 9.10. The number of hydrogen-bond donors (Lipinski definition) is 2. The monoisotopic (exact) mass is 261 g/mol. The van der Waals surface area contributed by atoms with Gasteiger partial charge in [0.2, 0.25) is 5.91 Å². The number of nitrogens with two attached hydrogens (primary N) is 1. The van der Waals surface area contributed by atoms with Crippen molar-refractivity contribution in [3.8, 4) is 0 Å². The van der Waals surface area contributed by atoms with Crippen LogP contribution in [0.4, 0.5) is 0 Å². The number of carbonyl (C=O) groups excluding carboxylic acids is 1. The second-order valence-electron chi connectivity index (χ2n) is 5.39. The van der Waals surface area contributed by atoms with Gasteiger partial charge in [-0.1, -0.05) is 44.2 Å². The van der Waals surface area contributed by atoms with Crippen LogP contribution in [0.3, 0.4) is 0 Å². The van der Waals surface area contributed by atoms with Gasteiger partial charge >= 0.3 is 0 Å². The summed E-state index contributed by atoms with van der Waals surface area (Å²) in [5, 5.41) is 3.32. The summed E-state index contributed by atoms with van der Waals surface area (Å²) in [5.41, 5.74) is 6.13. The molecule has 1 aliphatic heterocycles. The number of nitrogens with zero attached hydrogens (tertiary/aromatic N) is 1. The van der Waals surface area contributed by atoms with E-state index in [0.29, 0.717) is 0 Å². The van der Waals surface area contributed by atoms with Gasteiger partial charge in [0.15, 0.2) is 0 Å². The van der Waals surface area contributed by atoms with E-state index in [-0.39, 0.29) is 11.8 Å². The Hall–Kier alpha value is -1.39. The molecule has 1 saturated heterocycles. The van der Waals surface area contributed by atoms with E-state index in [0.717, 1.165) is 31.7 Å². The number of carbonyl (C=O) groups is 1. The van der Waals surface area contributed by atoms with Crippen LogP contribution < -0.4 is 11.1 Å².